The molecule has 0 saturated heterocycles. The van der Waals surface area contributed by atoms with Gasteiger partial charge in [0.05, 0.1) is 42.1 Å². The quantitative estimate of drug-likeness (QED) is 0.847. The Labute approximate surface area is 118 Å². The first-order valence-electron chi connectivity index (χ1n) is 7.01. The van der Waals surface area contributed by atoms with Gasteiger partial charge in [0, 0.05) is 6.54 Å². The summed E-state index contributed by atoms with van der Waals surface area (Å²) >= 11 is 0. The van der Waals surface area contributed by atoms with Crippen LogP contribution >= 0.6 is 0 Å². The molecule has 0 aliphatic heterocycles. The number of aryl methyl sites for hydroxylation is 3. The SMILES string of the molecule is CCCn1nc(C)cc1CNc1cnn(CCF)c1C. The first kappa shape index (κ1) is 14.6. The molecule has 1 N–H and O–H groups in total. The van der Waals surface area contributed by atoms with Crippen LogP contribution in [0.2, 0.25) is 0 Å². The van der Waals surface area contributed by atoms with Gasteiger partial charge in [-0.1, -0.05) is 6.92 Å². The maximum atomic E-state index is 12.4. The van der Waals surface area contributed by atoms with Crippen LogP contribution < -0.4 is 5.32 Å². The zero-order valence-corrected chi connectivity index (χ0v) is 12.4. The third-order valence-electron chi connectivity index (χ3n) is 3.28. The first-order chi connectivity index (χ1) is 9.65. The van der Waals surface area contributed by atoms with E-state index in [2.05, 4.69) is 28.5 Å². The van der Waals surface area contributed by atoms with Crippen molar-refractivity contribution in [3.05, 3.63) is 29.3 Å². The molecule has 0 atom stereocenters. The van der Waals surface area contributed by atoms with Crippen molar-refractivity contribution in [1.29, 1.82) is 0 Å². The number of alkyl halides is 1. The molecule has 0 spiro atoms. The van der Waals surface area contributed by atoms with E-state index in [1.807, 2.05) is 18.5 Å². The standard InChI is InChI=1S/C14H22FN5/c1-4-6-20-13(8-11(2)18-20)9-16-14-10-17-19(7-5-15)12(14)3/h8,10,16H,4-7,9H2,1-3H3. The van der Waals surface area contributed by atoms with Gasteiger partial charge in [0.15, 0.2) is 0 Å². The summed E-state index contributed by atoms with van der Waals surface area (Å²) in [5.74, 6) is 0. The molecule has 0 radical (unpaired) electrons. The fourth-order valence-electron chi connectivity index (χ4n) is 2.26. The maximum Gasteiger partial charge on any atom is 0.109 e. The van der Waals surface area contributed by atoms with Crippen LogP contribution in [0.25, 0.3) is 0 Å². The van der Waals surface area contributed by atoms with E-state index in [4.69, 9.17) is 0 Å². The second-order valence-corrected chi connectivity index (χ2v) is 4.91. The highest BCUT2D eigenvalue weighted by molar-refractivity contribution is 5.46. The monoisotopic (exact) mass is 279 g/mol. The van der Waals surface area contributed by atoms with Crippen LogP contribution in [0, 0.1) is 13.8 Å². The van der Waals surface area contributed by atoms with E-state index in [9.17, 15) is 4.39 Å². The zero-order chi connectivity index (χ0) is 14.5. The van der Waals surface area contributed by atoms with E-state index in [1.54, 1.807) is 10.9 Å². The van der Waals surface area contributed by atoms with Crippen LogP contribution in [-0.4, -0.2) is 26.2 Å². The molecule has 0 aliphatic rings. The van der Waals surface area contributed by atoms with E-state index in [1.165, 1.54) is 0 Å². The Morgan fingerprint density at radius 1 is 1.25 bits per heavy atom. The Hall–Kier alpha value is -1.85. The normalized spacial score (nSPS) is 11.0. The second-order valence-electron chi connectivity index (χ2n) is 4.91. The number of hydrogen-bond acceptors (Lipinski definition) is 3. The zero-order valence-electron chi connectivity index (χ0n) is 12.4. The van der Waals surface area contributed by atoms with E-state index in [-0.39, 0.29) is 0 Å². The van der Waals surface area contributed by atoms with Crippen LogP contribution in [-0.2, 0) is 19.6 Å². The number of anilines is 1. The molecule has 0 amide bonds. The van der Waals surface area contributed by atoms with Gasteiger partial charge in [-0.15, -0.1) is 0 Å². The number of nitrogens with zero attached hydrogens (tertiary/aromatic N) is 4. The van der Waals surface area contributed by atoms with Gasteiger partial charge in [0.1, 0.15) is 6.67 Å². The number of aromatic nitrogens is 4. The van der Waals surface area contributed by atoms with Gasteiger partial charge in [-0.3, -0.25) is 9.36 Å². The van der Waals surface area contributed by atoms with E-state index in [0.29, 0.717) is 13.1 Å². The van der Waals surface area contributed by atoms with Crippen molar-refractivity contribution in [1.82, 2.24) is 19.6 Å². The maximum absolute atomic E-state index is 12.4. The van der Waals surface area contributed by atoms with Crippen LogP contribution in [0.5, 0.6) is 0 Å². The fourth-order valence-corrected chi connectivity index (χ4v) is 2.26. The molecule has 0 bridgehead atoms. The van der Waals surface area contributed by atoms with Crippen molar-refractivity contribution in [2.24, 2.45) is 0 Å². The van der Waals surface area contributed by atoms with Crippen molar-refractivity contribution in [3.63, 3.8) is 0 Å². The lowest BCUT2D eigenvalue weighted by atomic mass is 10.3. The van der Waals surface area contributed by atoms with Crippen molar-refractivity contribution >= 4 is 5.69 Å². The summed E-state index contributed by atoms with van der Waals surface area (Å²) in [5, 5.41) is 12.0. The summed E-state index contributed by atoms with van der Waals surface area (Å²) in [4.78, 5) is 0. The lowest BCUT2D eigenvalue weighted by molar-refractivity contribution is 0.423. The van der Waals surface area contributed by atoms with Gasteiger partial charge in [-0.25, -0.2) is 4.39 Å². The highest BCUT2D eigenvalue weighted by atomic mass is 19.1. The number of rotatable bonds is 7. The van der Waals surface area contributed by atoms with E-state index < -0.39 is 6.67 Å². The van der Waals surface area contributed by atoms with Crippen molar-refractivity contribution < 1.29 is 4.39 Å². The molecule has 5 nitrogen and oxygen atoms in total. The van der Waals surface area contributed by atoms with Crippen LogP contribution in [0.4, 0.5) is 10.1 Å². The highest BCUT2D eigenvalue weighted by Crippen LogP contribution is 2.15. The van der Waals surface area contributed by atoms with Crippen LogP contribution in [0.1, 0.15) is 30.4 Å². The average molecular weight is 279 g/mol. The third-order valence-corrected chi connectivity index (χ3v) is 3.28. The second kappa shape index (κ2) is 6.54. The van der Waals surface area contributed by atoms with E-state index >= 15 is 0 Å². The molecule has 0 aliphatic carbocycles. The first-order valence-corrected chi connectivity index (χ1v) is 7.01. The minimum Gasteiger partial charge on any atom is -0.377 e. The summed E-state index contributed by atoms with van der Waals surface area (Å²) in [7, 11) is 0. The Balaban J connectivity index is 2.05. The van der Waals surface area contributed by atoms with Gasteiger partial charge in [0.25, 0.3) is 0 Å². The Bertz CT molecular complexity index is 558. The minimum atomic E-state index is -0.398. The van der Waals surface area contributed by atoms with Crippen molar-refractivity contribution in [2.45, 2.75) is 46.8 Å². The van der Waals surface area contributed by atoms with Crippen molar-refractivity contribution in [2.75, 3.05) is 12.0 Å². The average Bonchev–Trinajstić information content (AvgIpc) is 2.93. The van der Waals surface area contributed by atoms with Gasteiger partial charge < -0.3 is 5.32 Å². The topological polar surface area (TPSA) is 47.7 Å². The molecule has 0 unspecified atom stereocenters. The Kier molecular flexibility index (Phi) is 4.76. The smallest absolute Gasteiger partial charge is 0.109 e. The van der Waals surface area contributed by atoms with Gasteiger partial charge in [0.2, 0.25) is 0 Å². The Morgan fingerprint density at radius 2 is 2.05 bits per heavy atom. The molecule has 110 valence electrons. The van der Waals surface area contributed by atoms with Crippen LogP contribution in [0.3, 0.4) is 0 Å². The third kappa shape index (κ3) is 3.18. The summed E-state index contributed by atoms with van der Waals surface area (Å²) in [6, 6.07) is 2.09. The molecule has 0 saturated carbocycles. The molecule has 6 heteroatoms. The summed E-state index contributed by atoms with van der Waals surface area (Å²) in [5.41, 5.74) is 4.09. The summed E-state index contributed by atoms with van der Waals surface area (Å²) in [6.07, 6.45) is 2.81. The van der Waals surface area contributed by atoms with Gasteiger partial charge in [-0.2, -0.15) is 10.2 Å². The number of hydrogen-bond donors (Lipinski definition) is 1. The predicted molar refractivity (Wildman–Crippen MR) is 77.5 cm³/mol. The molecule has 2 rings (SSSR count). The number of nitrogens with one attached hydrogen (secondary N) is 1. The molecule has 2 aromatic rings. The highest BCUT2D eigenvalue weighted by Gasteiger charge is 2.08. The molecule has 2 heterocycles. The lowest BCUT2D eigenvalue weighted by Gasteiger charge is -2.08. The van der Waals surface area contributed by atoms with Gasteiger partial charge in [-0.05, 0) is 26.3 Å². The molecule has 20 heavy (non-hydrogen) atoms. The minimum absolute atomic E-state index is 0.306. The fraction of sp³-hybridized carbons (Fsp3) is 0.571. The summed E-state index contributed by atoms with van der Waals surface area (Å²) in [6.45, 7) is 7.61. The van der Waals surface area contributed by atoms with Crippen LogP contribution in [0.15, 0.2) is 12.3 Å². The summed E-state index contributed by atoms with van der Waals surface area (Å²) < 4.78 is 16.1. The molecule has 0 aromatic carbocycles. The van der Waals surface area contributed by atoms with E-state index in [0.717, 1.165) is 35.7 Å². The predicted octanol–water partition coefficient (Wildman–Crippen LogP) is 2.69. The van der Waals surface area contributed by atoms with Crippen molar-refractivity contribution in [3.8, 4) is 0 Å². The Morgan fingerprint density at radius 3 is 2.75 bits per heavy atom. The lowest BCUT2D eigenvalue weighted by Crippen LogP contribution is -2.10. The molecule has 2 aromatic heterocycles. The largest absolute Gasteiger partial charge is 0.377 e. The van der Waals surface area contributed by atoms with Gasteiger partial charge >= 0.3 is 0 Å². The molecule has 0 fully saturated rings. The molecular formula is C14H22FN5. The molecular weight excluding hydrogens is 257 g/mol. The number of halogens is 1.